The Morgan fingerprint density at radius 3 is 2.52 bits per heavy atom. The van der Waals surface area contributed by atoms with Gasteiger partial charge in [0.1, 0.15) is 16.9 Å². The average molecular weight is 473 g/mol. The van der Waals surface area contributed by atoms with Crippen molar-refractivity contribution < 1.29 is 23.5 Å². The first kappa shape index (κ1) is 24.0. The number of esters is 1. The first-order valence-corrected chi connectivity index (χ1v) is 11.1. The van der Waals surface area contributed by atoms with Crippen molar-refractivity contribution in [1.82, 2.24) is 20.2 Å². The Morgan fingerprint density at radius 2 is 1.91 bits per heavy atom. The highest BCUT2D eigenvalue weighted by atomic mass is 32.2. The molecule has 12 heteroatoms. The van der Waals surface area contributed by atoms with Crippen LogP contribution in [0.5, 0.6) is 0 Å². The number of benzene rings is 1. The van der Waals surface area contributed by atoms with E-state index in [2.05, 4.69) is 34.7 Å². The third-order valence-electron chi connectivity index (χ3n) is 4.64. The summed E-state index contributed by atoms with van der Waals surface area (Å²) >= 11 is 1.09. The number of carbonyl (C=O) groups is 3. The fourth-order valence-electron chi connectivity index (χ4n) is 3.04. The molecular weight excluding hydrogens is 448 g/mol. The van der Waals surface area contributed by atoms with Crippen LogP contribution in [0.4, 0.5) is 5.88 Å². The Hall–Kier alpha value is -3.67. The van der Waals surface area contributed by atoms with Crippen molar-refractivity contribution in [2.75, 3.05) is 17.7 Å². The predicted octanol–water partition coefficient (Wildman–Crippen LogP) is 2.69. The molecule has 11 nitrogen and oxygen atoms in total. The molecule has 2 heterocycles. The second kappa shape index (κ2) is 10.3. The Kier molecular flexibility index (Phi) is 7.48. The first-order valence-electron chi connectivity index (χ1n) is 10.1. The highest BCUT2D eigenvalue weighted by Crippen LogP contribution is 2.28. The molecule has 2 aromatic heterocycles. The van der Waals surface area contributed by atoms with Crippen LogP contribution in [0, 0.1) is 6.92 Å². The number of anilines is 1. The number of nitrogens with one attached hydrogen (secondary N) is 1. The van der Waals surface area contributed by atoms with E-state index in [1.807, 2.05) is 24.3 Å². The SMILES string of the molecule is CCOC(=O)c1c(C)oc(NC(=O)CSc2nnnn2-c2ccc(C(C)C)cc2)c1C(N)=O. The molecule has 3 N–H and O–H groups in total. The van der Waals surface area contributed by atoms with Gasteiger partial charge in [-0.2, -0.15) is 4.68 Å². The molecule has 0 aliphatic heterocycles. The predicted molar refractivity (Wildman–Crippen MR) is 121 cm³/mol. The summed E-state index contributed by atoms with van der Waals surface area (Å²) in [6, 6.07) is 7.79. The van der Waals surface area contributed by atoms with Gasteiger partial charge in [-0.25, -0.2) is 4.79 Å². The minimum Gasteiger partial charge on any atom is -0.462 e. The van der Waals surface area contributed by atoms with Crippen LogP contribution in [0.1, 0.15) is 58.7 Å². The van der Waals surface area contributed by atoms with E-state index in [-0.39, 0.29) is 35.1 Å². The zero-order valence-electron chi connectivity index (χ0n) is 18.6. The molecule has 0 unspecified atom stereocenters. The monoisotopic (exact) mass is 472 g/mol. The van der Waals surface area contributed by atoms with Gasteiger partial charge in [0.05, 0.1) is 18.0 Å². The standard InChI is InChI=1S/C21H24N6O5S/c1-5-31-20(30)16-12(4)32-19(17(16)18(22)29)23-15(28)10-33-21-24-25-26-27(21)14-8-6-13(7-9-14)11(2)3/h6-9,11H,5,10H2,1-4H3,(H2,22,29)(H,23,28). The van der Waals surface area contributed by atoms with Gasteiger partial charge in [0.15, 0.2) is 0 Å². The highest BCUT2D eigenvalue weighted by Gasteiger charge is 2.29. The number of aromatic nitrogens is 4. The van der Waals surface area contributed by atoms with Crippen molar-refractivity contribution >= 4 is 35.4 Å². The van der Waals surface area contributed by atoms with Gasteiger partial charge in [0.25, 0.3) is 5.91 Å². The van der Waals surface area contributed by atoms with Crippen molar-refractivity contribution in [3.8, 4) is 5.69 Å². The van der Waals surface area contributed by atoms with Crippen molar-refractivity contribution in [1.29, 1.82) is 0 Å². The first-order chi connectivity index (χ1) is 15.7. The fraction of sp³-hybridized carbons (Fsp3) is 0.333. The van der Waals surface area contributed by atoms with Crippen molar-refractivity contribution in [2.45, 2.75) is 38.8 Å². The second-order valence-electron chi connectivity index (χ2n) is 7.28. The Labute approximate surface area is 194 Å². The number of furan rings is 1. The third kappa shape index (κ3) is 5.40. The molecule has 1 aromatic carbocycles. The van der Waals surface area contributed by atoms with E-state index in [4.69, 9.17) is 14.9 Å². The molecular formula is C21H24N6O5S. The van der Waals surface area contributed by atoms with E-state index in [1.54, 1.807) is 6.92 Å². The van der Waals surface area contributed by atoms with Crippen LogP contribution in [0.2, 0.25) is 0 Å². The number of nitrogens with zero attached hydrogens (tertiary/aromatic N) is 4. The molecule has 174 valence electrons. The number of hydrogen-bond donors (Lipinski definition) is 2. The zero-order valence-corrected chi connectivity index (χ0v) is 19.4. The fourth-order valence-corrected chi connectivity index (χ4v) is 3.73. The van der Waals surface area contributed by atoms with Gasteiger partial charge in [0.2, 0.25) is 16.9 Å². The number of tetrazole rings is 1. The van der Waals surface area contributed by atoms with Gasteiger partial charge < -0.3 is 14.9 Å². The lowest BCUT2D eigenvalue weighted by atomic mass is 10.0. The minimum absolute atomic E-state index is 0.0862. The molecule has 2 amide bonds. The topological polar surface area (TPSA) is 155 Å². The van der Waals surface area contributed by atoms with Crippen LogP contribution >= 0.6 is 11.8 Å². The number of hydrogen-bond acceptors (Lipinski definition) is 9. The molecule has 3 aromatic rings. The summed E-state index contributed by atoms with van der Waals surface area (Å²) in [5, 5.41) is 14.5. The Morgan fingerprint density at radius 1 is 1.21 bits per heavy atom. The van der Waals surface area contributed by atoms with Gasteiger partial charge in [-0.15, -0.1) is 5.10 Å². The molecule has 0 fully saturated rings. The van der Waals surface area contributed by atoms with E-state index >= 15 is 0 Å². The minimum atomic E-state index is -0.924. The maximum atomic E-state index is 12.5. The largest absolute Gasteiger partial charge is 0.462 e. The number of aryl methyl sites for hydroxylation is 1. The number of amides is 2. The number of carbonyl (C=O) groups excluding carboxylic acids is 3. The van der Waals surface area contributed by atoms with Crippen molar-refractivity contribution in [3.05, 3.63) is 46.7 Å². The lowest BCUT2D eigenvalue weighted by Crippen LogP contribution is -2.21. The van der Waals surface area contributed by atoms with Crippen LogP contribution < -0.4 is 11.1 Å². The van der Waals surface area contributed by atoms with E-state index < -0.39 is 17.8 Å². The molecule has 0 atom stereocenters. The summed E-state index contributed by atoms with van der Waals surface area (Å²) in [5.74, 6) is -1.98. The maximum absolute atomic E-state index is 12.5. The number of ether oxygens (including phenoxy) is 1. The van der Waals surface area contributed by atoms with E-state index in [0.29, 0.717) is 11.1 Å². The molecule has 0 saturated carbocycles. The van der Waals surface area contributed by atoms with Crippen LogP contribution in [-0.2, 0) is 9.53 Å². The average Bonchev–Trinajstić information content (AvgIpc) is 3.36. The van der Waals surface area contributed by atoms with Gasteiger partial charge >= 0.3 is 5.97 Å². The smallest absolute Gasteiger partial charge is 0.342 e. The van der Waals surface area contributed by atoms with Gasteiger partial charge in [-0.3, -0.25) is 14.9 Å². The van der Waals surface area contributed by atoms with Gasteiger partial charge in [0, 0.05) is 0 Å². The summed E-state index contributed by atoms with van der Waals surface area (Å²) in [6.45, 7) is 7.41. The van der Waals surface area contributed by atoms with Crippen molar-refractivity contribution in [3.63, 3.8) is 0 Å². The van der Waals surface area contributed by atoms with E-state index in [1.165, 1.54) is 17.2 Å². The van der Waals surface area contributed by atoms with E-state index in [9.17, 15) is 14.4 Å². The maximum Gasteiger partial charge on any atom is 0.342 e. The molecule has 33 heavy (non-hydrogen) atoms. The van der Waals surface area contributed by atoms with Crippen LogP contribution in [-0.4, -0.2) is 50.4 Å². The normalized spacial score (nSPS) is 10.9. The van der Waals surface area contributed by atoms with Crippen LogP contribution in [0.25, 0.3) is 5.69 Å². The highest BCUT2D eigenvalue weighted by molar-refractivity contribution is 7.99. The van der Waals surface area contributed by atoms with Gasteiger partial charge in [-0.1, -0.05) is 37.7 Å². The molecule has 0 saturated heterocycles. The summed E-state index contributed by atoms with van der Waals surface area (Å²) in [4.78, 5) is 36.6. The number of thioether (sulfide) groups is 1. The summed E-state index contributed by atoms with van der Waals surface area (Å²) < 4.78 is 11.9. The number of primary amides is 1. The molecule has 3 rings (SSSR count). The number of rotatable bonds is 9. The zero-order chi connectivity index (χ0) is 24.1. The lowest BCUT2D eigenvalue weighted by Gasteiger charge is -2.08. The number of nitrogens with two attached hydrogens (primary N) is 1. The molecule has 0 aliphatic carbocycles. The molecule has 0 radical (unpaired) electrons. The summed E-state index contributed by atoms with van der Waals surface area (Å²) in [6.07, 6.45) is 0. The Bertz CT molecular complexity index is 1170. The van der Waals surface area contributed by atoms with Crippen LogP contribution in [0.3, 0.4) is 0 Å². The quantitative estimate of drug-likeness (QED) is 0.353. The lowest BCUT2D eigenvalue weighted by molar-refractivity contribution is -0.113. The van der Waals surface area contributed by atoms with Crippen molar-refractivity contribution in [2.24, 2.45) is 5.73 Å². The second-order valence-corrected chi connectivity index (χ2v) is 8.22. The summed E-state index contributed by atoms with van der Waals surface area (Å²) in [5.41, 5.74) is 7.00. The summed E-state index contributed by atoms with van der Waals surface area (Å²) in [7, 11) is 0. The van der Waals surface area contributed by atoms with Gasteiger partial charge in [-0.05, 0) is 47.9 Å². The molecule has 0 bridgehead atoms. The third-order valence-corrected chi connectivity index (χ3v) is 5.56. The molecule has 0 spiro atoms. The molecule has 0 aliphatic rings. The Balaban J connectivity index is 1.72. The van der Waals surface area contributed by atoms with Crippen LogP contribution in [0.15, 0.2) is 33.8 Å². The van der Waals surface area contributed by atoms with E-state index in [0.717, 1.165) is 17.4 Å².